The number of para-hydroxylation sites is 2. The van der Waals surface area contributed by atoms with Crippen LogP contribution in [0.4, 0.5) is 11.4 Å². The van der Waals surface area contributed by atoms with Crippen molar-refractivity contribution in [3.8, 4) is 11.5 Å². The molecule has 3 aromatic rings. The quantitative estimate of drug-likeness (QED) is 0.335. The monoisotopic (exact) mass is 456 g/mol. The molecule has 0 radical (unpaired) electrons. The van der Waals surface area contributed by atoms with E-state index in [4.69, 9.17) is 0 Å². The highest BCUT2D eigenvalue weighted by molar-refractivity contribution is 5.90. The summed E-state index contributed by atoms with van der Waals surface area (Å²) in [4.78, 5) is 9.31. The Kier molecular flexibility index (Phi) is 8.27. The van der Waals surface area contributed by atoms with Crippen LogP contribution in [0.1, 0.15) is 85.8 Å². The van der Waals surface area contributed by atoms with Crippen molar-refractivity contribution in [3.05, 3.63) is 81.9 Å². The summed E-state index contributed by atoms with van der Waals surface area (Å²) in [5.41, 5.74) is 6.86. The molecule has 0 saturated heterocycles. The third-order valence-corrected chi connectivity index (χ3v) is 6.63. The van der Waals surface area contributed by atoms with E-state index in [1.165, 1.54) is 11.1 Å². The average Bonchev–Trinajstić information content (AvgIpc) is 2.84. The largest absolute Gasteiger partial charge is 0.507 e. The van der Waals surface area contributed by atoms with Crippen molar-refractivity contribution >= 4 is 23.8 Å². The Bertz CT molecular complexity index is 1120. The molecule has 0 amide bonds. The summed E-state index contributed by atoms with van der Waals surface area (Å²) >= 11 is 0. The SMILES string of the molecule is CCC(C)c1cc(C)c(O)c(C=Nc2ccccc2N=Cc2cc(C(C)CC)cc(C)c2O)c1. The van der Waals surface area contributed by atoms with Crippen LogP contribution >= 0.6 is 0 Å². The van der Waals surface area contributed by atoms with Crippen LogP contribution in [0.25, 0.3) is 0 Å². The second kappa shape index (κ2) is 11.1. The lowest BCUT2D eigenvalue weighted by molar-refractivity contribution is 0.469. The minimum absolute atomic E-state index is 0.249. The molecule has 0 aliphatic heterocycles. The fourth-order valence-electron chi connectivity index (χ4n) is 3.87. The number of phenols is 2. The molecule has 4 heteroatoms. The number of hydrogen-bond donors (Lipinski definition) is 2. The van der Waals surface area contributed by atoms with Crippen molar-refractivity contribution in [1.29, 1.82) is 0 Å². The lowest BCUT2D eigenvalue weighted by atomic mass is 9.94. The Balaban J connectivity index is 1.96. The second-order valence-corrected chi connectivity index (χ2v) is 9.17. The molecule has 178 valence electrons. The van der Waals surface area contributed by atoms with E-state index < -0.39 is 0 Å². The zero-order valence-electron chi connectivity index (χ0n) is 21.1. The molecular formula is C30H36N2O2. The number of aliphatic imine (C=N–C) groups is 2. The summed E-state index contributed by atoms with van der Waals surface area (Å²) in [6.45, 7) is 12.5. The minimum Gasteiger partial charge on any atom is -0.507 e. The summed E-state index contributed by atoms with van der Waals surface area (Å²) < 4.78 is 0. The van der Waals surface area contributed by atoms with Crippen LogP contribution in [-0.2, 0) is 0 Å². The molecule has 3 rings (SSSR count). The highest BCUT2D eigenvalue weighted by Crippen LogP contribution is 2.32. The number of aromatic hydroxyl groups is 2. The van der Waals surface area contributed by atoms with E-state index >= 15 is 0 Å². The van der Waals surface area contributed by atoms with Gasteiger partial charge in [0.05, 0.1) is 11.4 Å². The summed E-state index contributed by atoms with van der Waals surface area (Å²) in [5, 5.41) is 21.1. The first-order chi connectivity index (χ1) is 16.2. The van der Waals surface area contributed by atoms with Crippen molar-refractivity contribution in [2.75, 3.05) is 0 Å². The minimum atomic E-state index is 0.249. The third kappa shape index (κ3) is 5.74. The van der Waals surface area contributed by atoms with Gasteiger partial charge in [0.25, 0.3) is 0 Å². The smallest absolute Gasteiger partial charge is 0.127 e. The van der Waals surface area contributed by atoms with Gasteiger partial charge in [0.2, 0.25) is 0 Å². The van der Waals surface area contributed by atoms with Crippen molar-refractivity contribution < 1.29 is 10.2 Å². The molecule has 3 aromatic carbocycles. The first kappa shape index (κ1) is 25.2. The highest BCUT2D eigenvalue weighted by Gasteiger charge is 2.11. The lowest BCUT2D eigenvalue weighted by Gasteiger charge is -2.13. The number of aryl methyl sites for hydroxylation is 2. The molecule has 0 aliphatic rings. The van der Waals surface area contributed by atoms with Gasteiger partial charge in [0.1, 0.15) is 11.5 Å². The van der Waals surface area contributed by atoms with Crippen molar-refractivity contribution in [2.45, 2.75) is 66.2 Å². The standard InChI is InChI=1S/C30H36N2O2/c1-7-19(3)23-13-21(5)29(33)25(15-23)17-31-27-11-9-10-12-28(27)32-18-26-16-24(20(4)8-2)14-22(6)30(26)34/h9-20,33-34H,7-8H2,1-6H3. The first-order valence-electron chi connectivity index (χ1n) is 12.1. The van der Waals surface area contributed by atoms with Gasteiger partial charge in [0, 0.05) is 23.6 Å². The highest BCUT2D eigenvalue weighted by atomic mass is 16.3. The van der Waals surface area contributed by atoms with Crippen LogP contribution in [0.15, 0.2) is 58.5 Å². The maximum absolute atomic E-state index is 10.6. The van der Waals surface area contributed by atoms with E-state index in [1.54, 1.807) is 12.4 Å². The topological polar surface area (TPSA) is 65.2 Å². The Morgan fingerprint density at radius 3 is 1.44 bits per heavy atom. The van der Waals surface area contributed by atoms with E-state index in [1.807, 2.05) is 62.4 Å². The van der Waals surface area contributed by atoms with Gasteiger partial charge in [-0.15, -0.1) is 0 Å². The number of nitrogens with zero attached hydrogens (tertiary/aromatic N) is 2. The predicted octanol–water partition coefficient (Wildman–Crippen LogP) is 8.24. The summed E-state index contributed by atoms with van der Waals surface area (Å²) in [7, 11) is 0. The summed E-state index contributed by atoms with van der Waals surface area (Å²) in [5.74, 6) is 1.31. The average molecular weight is 457 g/mol. The van der Waals surface area contributed by atoms with Gasteiger partial charge >= 0.3 is 0 Å². The first-order valence-corrected chi connectivity index (χ1v) is 12.1. The van der Waals surface area contributed by atoms with Gasteiger partial charge in [-0.3, -0.25) is 9.98 Å². The van der Waals surface area contributed by atoms with Crippen molar-refractivity contribution in [3.63, 3.8) is 0 Å². The summed E-state index contributed by atoms with van der Waals surface area (Å²) in [6.07, 6.45) is 5.47. The Labute approximate surface area is 203 Å². The van der Waals surface area contributed by atoms with Crippen LogP contribution in [0.3, 0.4) is 0 Å². The Hall–Kier alpha value is -3.40. The maximum atomic E-state index is 10.6. The van der Waals surface area contributed by atoms with E-state index in [9.17, 15) is 10.2 Å². The Morgan fingerprint density at radius 1 is 0.706 bits per heavy atom. The van der Waals surface area contributed by atoms with Gasteiger partial charge in [-0.2, -0.15) is 0 Å². The molecular weight excluding hydrogens is 420 g/mol. The van der Waals surface area contributed by atoms with Gasteiger partial charge in [-0.25, -0.2) is 0 Å². The molecule has 4 nitrogen and oxygen atoms in total. The van der Waals surface area contributed by atoms with E-state index in [2.05, 4.69) is 37.7 Å². The van der Waals surface area contributed by atoms with Crippen molar-refractivity contribution in [1.82, 2.24) is 0 Å². The van der Waals surface area contributed by atoms with Gasteiger partial charge in [0.15, 0.2) is 0 Å². The number of rotatable bonds is 8. The molecule has 0 fully saturated rings. The van der Waals surface area contributed by atoms with Crippen LogP contribution in [0.5, 0.6) is 11.5 Å². The van der Waals surface area contributed by atoms with E-state index in [-0.39, 0.29) is 11.5 Å². The fraction of sp³-hybridized carbons (Fsp3) is 0.333. The molecule has 2 atom stereocenters. The van der Waals surface area contributed by atoms with Crippen LogP contribution < -0.4 is 0 Å². The van der Waals surface area contributed by atoms with Crippen molar-refractivity contribution in [2.24, 2.45) is 9.98 Å². The molecule has 2 unspecified atom stereocenters. The molecule has 0 aromatic heterocycles. The Morgan fingerprint density at radius 2 is 1.09 bits per heavy atom. The van der Waals surface area contributed by atoms with Crippen LogP contribution in [0.2, 0.25) is 0 Å². The number of hydrogen-bond acceptors (Lipinski definition) is 4. The molecule has 0 bridgehead atoms. The van der Waals surface area contributed by atoms with Gasteiger partial charge in [-0.05, 0) is 85.0 Å². The molecule has 2 N–H and O–H groups in total. The van der Waals surface area contributed by atoms with Crippen LogP contribution in [-0.4, -0.2) is 22.6 Å². The molecule has 0 saturated carbocycles. The predicted molar refractivity (Wildman–Crippen MR) is 144 cm³/mol. The number of phenolic OH excluding ortho intramolecular Hbond substituents is 2. The zero-order chi connectivity index (χ0) is 24.8. The molecule has 0 spiro atoms. The van der Waals surface area contributed by atoms with Gasteiger partial charge < -0.3 is 10.2 Å². The van der Waals surface area contributed by atoms with Crippen LogP contribution in [0, 0.1) is 13.8 Å². The number of benzene rings is 3. The maximum Gasteiger partial charge on any atom is 0.127 e. The normalized spacial score (nSPS) is 13.6. The lowest BCUT2D eigenvalue weighted by Crippen LogP contribution is -1.96. The third-order valence-electron chi connectivity index (χ3n) is 6.63. The fourth-order valence-corrected chi connectivity index (χ4v) is 3.87. The van der Waals surface area contributed by atoms with E-state index in [0.29, 0.717) is 34.3 Å². The molecule has 0 heterocycles. The summed E-state index contributed by atoms with van der Waals surface area (Å²) in [6, 6.07) is 15.7. The molecule has 34 heavy (non-hydrogen) atoms. The zero-order valence-corrected chi connectivity index (χ0v) is 21.1. The molecule has 0 aliphatic carbocycles. The van der Waals surface area contributed by atoms with E-state index in [0.717, 1.165) is 24.0 Å². The second-order valence-electron chi connectivity index (χ2n) is 9.17. The van der Waals surface area contributed by atoms with Gasteiger partial charge in [-0.1, -0.05) is 52.0 Å².